The molecule has 0 atom stereocenters. The first-order valence-corrected chi connectivity index (χ1v) is 10.9. The number of para-hydroxylation sites is 1. The largest absolute Gasteiger partial charge is 0.490 e. The molecule has 0 saturated heterocycles. The molecule has 1 amide bonds. The van der Waals surface area contributed by atoms with Crippen LogP contribution < -0.4 is 19.0 Å². The van der Waals surface area contributed by atoms with Gasteiger partial charge in [-0.05, 0) is 45.0 Å². The maximum absolute atomic E-state index is 14.4. The molecule has 0 aliphatic heterocycles. The van der Waals surface area contributed by atoms with E-state index in [1.165, 1.54) is 17.4 Å². The minimum atomic E-state index is -0.491. The van der Waals surface area contributed by atoms with Crippen molar-refractivity contribution >= 4 is 27.5 Å². The fraction of sp³-hybridized carbons (Fsp3) is 0.304. The Morgan fingerprint density at radius 1 is 1.13 bits per heavy atom. The number of nitrogens with zero attached hydrogens (tertiary/aromatic N) is 2. The highest BCUT2D eigenvalue weighted by molar-refractivity contribution is 7.16. The number of aromatic nitrogens is 1. The van der Waals surface area contributed by atoms with E-state index in [1.54, 1.807) is 34.9 Å². The van der Waals surface area contributed by atoms with Crippen molar-refractivity contribution in [2.45, 2.75) is 27.3 Å². The van der Waals surface area contributed by atoms with Crippen LogP contribution in [0.5, 0.6) is 17.2 Å². The third-order valence-corrected chi connectivity index (χ3v) is 5.36. The summed E-state index contributed by atoms with van der Waals surface area (Å²) < 4.78 is 33.8. The molecule has 0 N–H and O–H groups in total. The number of fused-ring (bicyclic) bond motifs is 1. The summed E-state index contributed by atoms with van der Waals surface area (Å²) in [6.45, 7) is 10.8. The fourth-order valence-electron chi connectivity index (χ4n) is 3.13. The van der Waals surface area contributed by atoms with Crippen molar-refractivity contribution in [3.8, 4) is 17.2 Å². The van der Waals surface area contributed by atoms with Crippen molar-refractivity contribution in [1.82, 2.24) is 4.57 Å². The van der Waals surface area contributed by atoms with Crippen molar-refractivity contribution in [3.05, 3.63) is 59.2 Å². The third-order valence-electron chi connectivity index (χ3n) is 4.32. The van der Waals surface area contributed by atoms with Gasteiger partial charge in [-0.2, -0.15) is 4.99 Å². The topological polar surface area (TPSA) is 62.1 Å². The van der Waals surface area contributed by atoms with E-state index in [9.17, 15) is 9.18 Å². The van der Waals surface area contributed by atoms with Gasteiger partial charge in [0.2, 0.25) is 5.75 Å². The van der Waals surface area contributed by atoms with E-state index in [0.29, 0.717) is 64.2 Å². The van der Waals surface area contributed by atoms with Crippen molar-refractivity contribution in [1.29, 1.82) is 0 Å². The second kappa shape index (κ2) is 10.3. The van der Waals surface area contributed by atoms with Crippen LogP contribution in [0, 0.1) is 5.82 Å². The van der Waals surface area contributed by atoms with Gasteiger partial charge in [0, 0.05) is 12.1 Å². The number of carbonyl (C=O) groups excluding carboxylic acids is 1. The van der Waals surface area contributed by atoms with Gasteiger partial charge in [0.05, 0.1) is 30.0 Å². The van der Waals surface area contributed by atoms with Gasteiger partial charge >= 0.3 is 0 Å². The summed E-state index contributed by atoms with van der Waals surface area (Å²) in [5.74, 6) is 0.413. The normalized spacial score (nSPS) is 11.5. The van der Waals surface area contributed by atoms with E-state index < -0.39 is 5.91 Å². The molecule has 0 saturated carbocycles. The highest BCUT2D eigenvalue weighted by Gasteiger charge is 2.19. The molecule has 2 aromatic carbocycles. The minimum Gasteiger partial charge on any atom is -0.490 e. The van der Waals surface area contributed by atoms with Crippen molar-refractivity contribution in [2.24, 2.45) is 4.99 Å². The smallest absolute Gasteiger partial charge is 0.279 e. The van der Waals surface area contributed by atoms with Crippen LogP contribution in [-0.4, -0.2) is 30.3 Å². The number of amides is 1. The Morgan fingerprint density at radius 3 is 2.35 bits per heavy atom. The lowest BCUT2D eigenvalue weighted by Gasteiger charge is -2.16. The summed E-state index contributed by atoms with van der Waals surface area (Å²) in [4.78, 5) is 17.7. The van der Waals surface area contributed by atoms with Gasteiger partial charge in [-0.25, -0.2) is 4.39 Å². The molecule has 164 valence electrons. The quantitative estimate of drug-likeness (QED) is 0.438. The molecule has 1 heterocycles. The molecule has 3 aromatic rings. The molecule has 8 heteroatoms. The Kier molecular flexibility index (Phi) is 7.46. The standard InChI is InChI=1S/C23H25FN2O4S/c1-5-12-26-20-16(24)10-9-11-19(20)31-23(26)25-22(27)15-13-17(28-6-2)21(30-8-4)18(14-15)29-7-3/h5,9-11,13-14H,1,6-8,12H2,2-4H3. The highest BCUT2D eigenvalue weighted by Crippen LogP contribution is 2.39. The average Bonchev–Trinajstić information content (AvgIpc) is 3.09. The number of rotatable bonds is 9. The molecule has 0 unspecified atom stereocenters. The van der Waals surface area contributed by atoms with Crippen molar-refractivity contribution < 1.29 is 23.4 Å². The maximum atomic E-state index is 14.4. The zero-order valence-electron chi connectivity index (χ0n) is 17.8. The van der Waals surface area contributed by atoms with Crippen LogP contribution in [-0.2, 0) is 6.54 Å². The number of thiazole rings is 1. The molecule has 0 spiro atoms. The number of benzene rings is 2. The van der Waals surface area contributed by atoms with Gasteiger partial charge < -0.3 is 18.8 Å². The lowest BCUT2D eigenvalue weighted by atomic mass is 10.1. The second-order valence-electron chi connectivity index (χ2n) is 6.39. The van der Waals surface area contributed by atoms with Crippen LogP contribution >= 0.6 is 11.3 Å². The third kappa shape index (κ3) is 4.80. The summed E-state index contributed by atoms with van der Waals surface area (Å²) >= 11 is 1.24. The first-order chi connectivity index (χ1) is 15.0. The Morgan fingerprint density at radius 2 is 1.77 bits per heavy atom. The van der Waals surface area contributed by atoms with Gasteiger partial charge in [0.15, 0.2) is 16.3 Å². The van der Waals surface area contributed by atoms with E-state index in [0.717, 1.165) is 0 Å². The number of hydrogen-bond donors (Lipinski definition) is 0. The molecule has 1 aromatic heterocycles. The first-order valence-electron chi connectivity index (χ1n) is 10.1. The Bertz CT molecular complexity index is 1140. The summed E-state index contributed by atoms with van der Waals surface area (Å²) in [6.07, 6.45) is 1.64. The monoisotopic (exact) mass is 444 g/mol. The number of hydrogen-bond acceptors (Lipinski definition) is 5. The molecule has 31 heavy (non-hydrogen) atoms. The van der Waals surface area contributed by atoms with E-state index in [4.69, 9.17) is 14.2 Å². The molecule has 0 aliphatic carbocycles. The first kappa shape index (κ1) is 22.6. The zero-order valence-corrected chi connectivity index (χ0v) is 18.6. The predicted molar refractivity (Wildman–Crippen MR) is 120 cm³/mol. The summed E-state index contributed by atoms with van der Waals surface area (Å²) in [5.41, 5.74) is 0.689. The fourth-order valence-corrected chi connectivity index (χ4v) is 4.19. The van der Waals surface area contributed by atoms with E-state index in [2.05, 4.69) is 11.6 Å². The predicted octanol–water partition coefficient (Wildman–Crippen LogP) is 4.97. The molecular formula is C23H25FN2O4S. The van der Waals surface area contributed by atoms with E-state index >= 15 is 0 Å². The van der Waals surface area contributed by atoms with Crippen molar-refractivity contribution in [3.63, 3.8) is 0 Å². The summed E-state index contributed by atoms with van der Waals surface area (Å²) in [7, 11) is 0. The molecule has 3 rings (SSSR count). The van der Waals surface area contributed by atoms with Crippen molar-refractivity contribution in [2.75, 3.05) is 19.8 Å². The summed E-state index contributed by atoms with van der Waals surface area (Å²) in [6, 6.07) is 8.00. The Labute approximate surface area is 184 Å². The Hall–Kier alpha value is -3.13. The molecule has 0 bridgehead atoms. The number of allylic oxidation sites excluding steroid dienone is 1. The Balaban J connectivity index is 2.15. The van der Waals surface area contributed by atoms with E-state index in [-0.39, 0.29) is 5.82 Å². The lowest BCUT2D eigenvalue weighted by Crippen LogP contribution is -2.17. The van der Waals surface area contributed by atoms with Crippen LogP contribution in [0.3, 0.4) is 0 Å². The van der Waals surface area contributed by atoms with Gasteiger partial charge in [0.25, 0.3) is 5.91 Å². The van der Waals surface area contributed by atoms with Crippen LogP contribution in [0.15, 0.2) is 48.0 Å². The van der Waals surface area contributed by atoms with Crippen LogP contribution in [0.25, 0.3) is 10.2 Å². The molecule has 0 fully saturated rings. The SMILES string of the molecule is C=CCn1c(=NC(=O)c2cc(OCC)c(OCC)c(OCC)c2)sc2cccc(F)c21. The molecular weight excluding hydrogens is 419 g/mol. The zero-order chi connectivity index (χ0) is 22.4. The van der Waals surface area contributed by atoms with Gasteiger partial charge in [-0.3, -0.25) is 4.79 Å². The molecule has 0 radical (unpaired) electrons. The second-order valence-corrected chi connectivity index (χ2v) is 7.40. The maximum Gasteiger partial charge on any atom is 0.279 e. The van der Waals surface area contributed by atoms with Gasteiger partial charge in [-0.1, -0.05) is 23.5 Å². The summed E-state index contributed by atoms with van der Waals surface area (Å²) in [5, 5.41) is 0. The number of carbonyl (C=O) groups is 1. The van der Waals surface area contributed by atoms with Crippen LogP contribution in [0.2, 0.25) is 0 Å². The highest BCUT2D eigenvalue weighted by atomic mass is 32.1. The lowest BCUT2D eigenvalue weighted by molar-refractivity contribution is 0.0996. The minimum absolute atomic E-state index is 0.290. The number of ether oxygens (including phenoxy) is 3. The van der Waals surface area contributed by atoms with Gasteiger partial charge in [0.1, 0.15) is 5.82 Å². The van der Waals surface area contributed by atoms with Gasteiger partial charge in [-0.15, -0.1) is 6.58 Å². The molecule has 6 nitrogen and oxygen atoms in total. The number of halogens is 1. The average molecular weight is 445 g/mol. The molecule has 0 aliphatic rings. The van der Waals surface area contributed by atoms with E-state index in [1.807, 2.05) is 20.8 Å². The van der Waals surface area contributed by atoms with Crippen LogP contribution in [0.1, 0.15) is 31.1 Å². The van der Waals surface area contributed by atoms with Crippen LogP contribution in [0.4, 0.5) is 4.39 Å².